The molecule has 1 aromatic heterocycles. The summed E-state index contributed by atoms with van der Waals surface area (Å²) in [6.07, 6.45) is 3.00. The van der Waals surface area contributed by atoms with Gasteiger partial charge in [-0.3, -0.25) is 4.79 Å². The zero-order chi connectivity index (χ0) is 14.5. The molecule has 0 fully saturated rings. The first-order chi connectivity index (χ1) is 9.63. The number of benzene rings is 1. The van der Waals surface area contributed by atoms with Crippen molar-refractivity contribution in [3.05, 3.63) is 44.9 Å². The molecule has 0 atom stereocenters. The van der Waals surface area contributed by atoms with Gasteiger partial charge in [-0.1, -0.05) is 6.92 Å². The normalized spacial score (nSPS) is 10.6. The van der Waals surface area contributed by atoms with E-state index in [1.807, 2.05) is 26.0 Å². The molecule has 0 unspecified atom stereocenters. The molecule has 106 valence electrons. The Balaban J connectivity index is 2.08. The molecule has 1 aromatic carbocycles. The zero-order valence-corrected chi connectivity index (χ0v) is 12.9. The standard InChI is InChI=1S/C16H19NO2S/c1-4-5-15-17-14(10-20-15)9-19-16-11(2)6-13(8-18)7-12(16)3/h6-8,10H,4-5,9H2,1-3H3. The Hall–Kier alpha value is -1.68. The average molecular weight is 289 g/mol. The fourth-order valence-corrected chi connectivity index (χ4v) is 3.05. The van der Waals surface area contributed by atoms with Crippen molar-refractivity contribution in [2.75, 3.05) is 0 Å². The lowest BCUT2D eigenvalue weighted by Crippen LogP contribution is -2.00. The van der Waals surface area contributed by atoms with Crippen molar-refractivity contribution in [3.8, 4) is 5.75 Å². The van der Waals surface area contributed by atoms with Crippen LogP contribution in [0.25, 0.3) is 0 Å². The maximum absolute atomic E-state index is 10.8. The highest BCUT2D eigenvalue weighted by atomic mass is 32.1. The molecule has 0 aliphatic heterocycles. The Morgan fingerprint density at radius 1 is 1.30 bits per heavy atom. The molecular weight excluding hydrogens is 270 g/mol. The van der Waals surface area contributed by atoms with Crippen molar-refractivity contribution in [3.63, 3.8) is 0 Å². The van der Waals surface area contributed by atoms with E-state index in [0.717, 1.165) is 46.7 Å². The molecule has 4 heteroatoms. The minimum absolute atomic E-state index is 0.475. The second-order valence-electron chi connectivity index (χ2n) is 4.87. The number of aldehydes is 1. The van der Waals surface area contributed by atoms with Crippen LogP contribution in [0.15, 0.2) is 17.5 Å². The first kappa shape index (κ1) is 14.7. The highest BCUT2D eigenvalue weighted by molar-refractivity contribution is 7.09. The SMILES string of the molecule is CCCc1nc(COc2c(C)cc(C=O)cc2C)cs1. The fraction of sp³-hybridized carbons (Fsp3) is 0.375. The fourth-order valence-electron chi connectivity index (χ4n) is 2.17. The molecule has 0 radical (unpaired) electrons. The summed E-state index contributed by atoms with van der Waals surface area (Å²) in [7, 11) is 0. The van der Waals surface area contributed by atoms with Crippen LogP contribution in [-0.2, 0) is 13.0 Å². The number of carbonyl (C=O) groups is 1. The Morgan fingerprint density at radius 3 is 2.60 bits per heavy atom. The molecule has 0 N–H and O–H groups in total. The van der Waals surface area contributed by atoms with Crippen LogP contribution in [0.1, 0.15) is 45.5 Å². The minimum Gasteiger partial charge on any atom is -0.487 e. The van der Waals surface area contributed by atoms with Crippen molar-refractivity contribution in [2.24, 2.45) is 0 Å². The highest BCUT2D eigenvalue weighted by Gasteiger charge is 2.08. The number of thiazole rings is 1. The summed E-state index contributed by atoms with van der Waals surface area (Å²) in [6.45, 7) is 6.54. The Kier molecular flexibility index (Phi) is 4.90. The van der Waals surface area contributed by atoms with Gasteiger partial charge in [0.05, 0.1) is 10.7 Å². The van der Waals surface area contributed by atoms with E-state index in [4.69, 9.17) is 4.74 Å². The number of aromatic nitrogens is 1. The number of hydrogen-bond donors (Lipinski definition) is 0. The number of hydrogen-bond acceptors (Lipinski definition) is 4. The molecule has 0 amide bonds. The molecule has 0 saturated carbocycles. The predicted octanol–water partition coefficient (Wildman–Crippen LogP) is 4.10. The highest BCUT2D eigenvalue weighted by Crippen LogP contribution is 2.25. The van der Waals surface area contributed by atoms with E-state index in [9.17, 15) is 4.79 Å². The van der Waals surface area contributed by atoms with Crippen LogP contribution < -0.4 is 4.74 Å². The minimum atomic E-state index is 0.475. The van der Waals surface area contributed by atoms with Gasteiger partial charge in [-0.2, -0.15) is 0 Å². The zero-order valence-electron chi connectivity index (χ0n) is 12.1. The van der Waals surface area contributed by atoms with E-state index < -0.39 is 0 Å². The maximum atomic E-state index is 10.8. The Labute approximate surface area is 123 Å². The van der Waals surface area contributed by atoms with Crippen LogP contribution >= 0.6 is 11.3 Å². The molecule has 0 saturated heterocycles. The van der Waals surface area contributed by atoms with E-state index in [2.05, 4.69) is 17.3 Å². The molecular formula is C16H19NO2S. The average Bonchev–Trinajstić information content (AvgIpc) is 2.85. The summed E-state index contributed by atoms with van der Waals surface area (Å²) in [6, 6.07) is 3.69. The third-order valence-corrected chi connectivity index (χ3v) is 4.00. The van der Waals surface area contributed by atoms with Crippen LogP contribution in [0.4, 0.5) is 0 Å². The van der Waals surface area contributed by atoms with Crippen molar-refractivity contribution in [1.82, 2.24) is 4.98 Å². The lowest BCUT2D eigenvalue weighted by molar-refractivity contribution is 0.112. The van der Waals surface area contributed by atoms with Gasteiger partial charge < -0.3 is 4.74 Å². The van der Waals surface area contributed by atoms with E-state index in [1.54, 1.807) is 11.3 Å². The van der Waals surface area contributed by atoms with Gasteiger partial charge in [0.25, 0.3) is 0 Å². The van der Waals surface area contributed by atoms with Gasteiger partial charge in [0, 0.05) is 10.9 Å². The van der Waals surface area contributed by atoms with Gasteiger partial charge in [0.15, 0.2) is 0 Å². The number of rotatable bonds is 6. The number of carbonyl (C=O) groups excluding carboxylic acids is 1. The number of aryl methyl sites for hydroxylation is 3. The van der Waals surface area contributed by atoms with E-state index in [-0.39, 0.29) is 0 Å². The Bertz CT molecular complexity index is 581. The summed E-state index contributed by atoms with van der Waals surface area (Å²) in [5.41, 5.74) is 3.62. The second kappa shape index (κ2) is 6.66. The second-order valence-corrected chi connectivity index (χ2v) is 5.82. The molecule has 0 bridgehead atoms. The van der Waals surface area contributed by atoms with Crippen LogP contribution in [0, 0.1) is 13.8 Å². The lowest BCUT2D eigenvalue weighted by Gasteiger charge is -2.11. The van der Waals surface area contributed by atoms with Gasteiger partial charge in [0.2, 0.25) is 0 Å². The van der Waals surface area contributed by atoms with Crippen LogP contribution in [0.2, 0.25) is 0 Å². The molecule has 3 nitrogen and oxygen atoms in total. The topological polar surface area (TPSA) is 39.2 Å². The van der Waals surface area contributed by atoms with E-state index >= 15 is 0 Å². The van der Waals surface area contributed by atoms with E-state index in [1.165, 1.54) is 0 Å². The first-order valence-corrected chi connectivity index (χ1v) is 7.64. The molecule has 0 aliphatic rings. The van der Waals surface area contributed by atoms with Gasteiger partial charge in [-0.05, 0) is 49.9 Å². The molecule has 2 aromatic rings. The molecule has 2 rings (SSSR count). The van der Waals surface area contributed by atoms with Crippen molar-refractivity contribution in [1.29, 1.82) is 0 Å². The summed E-state index contributed by atoms with van der Waals surface area (Å²) in [4.78, 5) is 15.4. The summed E-state index contributed by atoms with van der Waals surface area (Å²) < 4.78 is 5.87. The molecule has 1 heterocycles. The van der Waals surface area contributed by atoms with Crippen molar-refractivity contribution >= 4 is 17.6 Å². The smallest absolute Gasteiger partial charge is 0.150 e. The largest absolute Gasteiger partial charge is 0.487 e. The van der Waals surface area contributed by atoms with E-state index in [0.29, 0.717) is 12.2 Å². The third kappa shape index (κ3) is 3.45. The van der Waals surface area contributed by atoms with Crippen molar-refractivity contribution in [2.45, 2.75) is 40.2 Å². The predicted molar refractivity (Wildman–Crippen MR) is 81.7 cm³/mol. The van der Waals surface area contributed by atoms with Gasteiger partial charge in [0.1, 0.15) is 18.6 Å². The van der Waals surface area contributed by atoms with Gasteiger partial charge in [-0.25, -0.2) is 4.98 Å². The van der Waals surface area contributed by atoms with Crippen LogP contribution in [0.3, 0.4) is 0 Å². The number of nitrogens with zero attached hydrogens (tertiary/aromatic N) is 1. The Morgan fingerprint density at radius 2 is 2.00 bits per heavy atom. The maximum Gasteiger partial charge on any atom is 0.150 e. The quantitative estimate of drug-likeness (QED) is 0.751. The number of ether oxygens (including phenoxy) is 1. The molecule has 0 spiro atoms. The monoisotopic (exact) mass is 289 g/mol. The summed E-state index contributed by atoms with van der Waals surface area (Å²) in [5.74, 6) is 0.848. The third-order valence-electron chi connectivity index (χ3n) is 3.05. The van der Waals surface area contributed by atoms with Crippen LogP contribution in [0.5, 0.6) is 5.75 Å². The van der Waals surface area contributed by atoms with Gasteiger partial charge >= 0.3 is 0 Å². The summed E-state index contributed by atoms with van der Waals surface area (Å²) in [5, 5.41) is 3.21. The lowest BCUT2D eigenvalue weighted by atomic mass is 10.1. The molecule has 0 aliphatic carbocycles. The van der Waals surface area contributed by atoms with Gasteiger partial charge in [-0.15, -0.1) is 11.3 Å². The van der Waals surface area contributed by atoms with Crippen LogP contribution in [-0.4, -0.2) is 11.3 Å². The summed E-state index contributed by atoms with van der Waals surface area (Å²) >= 11 is 1.69. The molecule has 20 heavy (non-hydrogen) atoms. The first-order valence-electron chi connectivity index (χ1n) is 6.76. The van der Waals surface area contributed by atoms with Crippen molar-refractivity contribution < 1.29 is 9.53 Å².